The van der Waals surface area contributed by atoms with Crippen molar-refractivity contribution in [1.29, 1.82) is 0 Å². The Kier molecular flexibility index (Phi) is 8.51. The molecule has 0 bridgehead atoms. The summed E-state index contributed by atoms with van der Waals surface area (Å²) >= 11 is 1.37. The van der Waals surface area contributed by atoms with Gasteiger partial charge in [-0.05, 0) is 38.3 Å². The van der Waals surface area contributed by atoms with Gasteiger partial charge in [-0.2, -0.15) is 0 Å². The summed E-state index contributed by atoms with van der Waals surface area (Å²) in [6, 6.07) is -0.508. The van der Waals surface area contributed by atoms with Gasteiger partial charge in [0.15, 0.2) is 5.13 Å². The van der Waals surface area contributed by atoms with E-state index in [9.17, 15) is 9.59 Å². The highest BCUT2D eigenvalue weighted by atomic mass is 35.5. The monoisotopic (exact) mass is 360 g/mol. The van der Waals surface area contributed by atoms with E-state index in [1.807, 2.05) is 13.8 Å². The number of hydrogen-bond acceptors (Lipinski definition) is 5. The van der Waals surface area contributed by atoms with Crippen LogP contribution in [0.25, 0.3) is 0 Å². The van der Waals surface area contributed by atoms with Crippen LogP contribution in [0.3, 0.4) is 0 Å². The third-order valence-electron chi connectivity index (χ3n) is 3.71. The normalized spacial score (nSPS) is 16.5. The molecular formula is C15H25ClN4O2S. The van der Waals surface area contributed by atoms with Crippen LogP contribution < -0.4 is 16.0 Å². The fourth-order valence-corrected chi connectivity index (χ4v) is 3.09. The molecule has 1 aliphatic heterocycles. The third-order valence-corrected chi connectivity index (χ3v) is 4.40. The number of piperidine rings is 1. The molecule has 1 aliphatic rings. The molecule has 0 aromatic carbocycles. The van der Waals surface area contributed by atoms with E-state index in [2.05, 4.69) is 20.9 Å². The zero-order chi connectivity index (χ0) is 15.9. The molecule has 1 fully saturated rings. The van der Waals surface area contributed by atoms with Crippen molar-refractivity contribution in [3.8, 4) is 0 Å². The molecule has 1 unspecified atom stereocenters. The number of anilines is 1. The summed E-state index contributed by atoms with van der Waals surface area (Å²) < 4.78 is 0. The number of thiazole rings is 1. The van der Waals surface area contributed by atoms with Crippen LogP contribution in [0.2, 0.25) is 0 Å². The molecule has 1 atom stereocenters. The number of carbonyl (C=O) groups is 2. The fraction of sp³-hybridized carbons (Fsp3) is 0.667. The topological polar surface area (TPSA) is 83.1 Å². The number of amides is 2. The molecule has 2 heterocycles. The van der Waals surface area contributed by atoms with Crippen molar-refractivity contribution in [2.24, 2.45) is 11.8 Å². The SMILES string of the molecule is CC(C)CC(NC(=O)C1CCNCC1)C(=O)Nc1nccs1.Cl. The first-order valence-electron chi connectivity index (χ1n) is 7.77. The first-order chi connectivity index (χ1) is 10.6. The van der Waals surface area contributed by atoms with Gasteiger partial charge in [-0.1, -0.05) is 13.8 Å². The molecule has 2 amide bonds. The summed E-state index contributed by atoms with van der Waals surface area (Å²) in [5.74, 6) is 0.122. The van der Waals surface area contributed by atoms with Crippen LogP contribution in [0.4, 0.5) is 5.13 Å². The van der Waals surface area contributed by atoms with Crippen LogP contribution in [0.1, 0.15) is 33.1 Å². The number of nitrogens with one attached hydrogen (secondary N) is 3. The second-order valence-electron chi connectivity index (χ2n) is 6.04. The molecule has 0 saturated carbocycles. The molecule has 2 rings (SSSR count). The van der Waals surface area contributed by atoms with Crippen molar-refractivity contribution in [3.05, 3.63) is 11.6 Å². The predicted octanol–water partition coefficient (Wildman–Crippen LogP) is 2.03. The smallest absolute Gasteiger partial charge is 0.248 e. The number of halogens is 1. The summed E-state index contributed by atoms with van der Waals surface area (Å²) in [4.78, 5) is 28.8. The molecule has 0 aliphatic carbocycles. The zero-order valence-corrected chi connectivity index (χ0v) is 15.1. The Morgan fingerprint density at radius 3 is 2.65 bits per heavy atom. The van der Waals surface area contributed by atoms with Crippen LogP contribution in [0.5, 0.6) is 0 Å². The maximum atomic E-state index is 12.4. The average Bonchev–Trinajstić information content (AvgIpc) is 2.99. The lowest BCUT2D eigenvalue weighted by Crippen LogP contribution is -2.48. The number of carbonyl (C=O) groups excluding carboxylic acids is 2. The number of rotatable bonds is 6. The fourth-order valence-electron chi connectivity index (χ4n) is 2.55. The molecule has 1 aromatic heterocycles. The van der Waals surface area contributed by atoms with Crippen molar-refractivity contribution in [3.63, 3.8) is 0 Å². The maximum absolute atomic E-state index is 12.4. The van der Waals surface area contributed by atoms with Crippen LogP contribution in [0.15, 0.2) is 11.6 Å². The lowest BCUT2D eigenvalue weighted by molar-refractivity contribution is -0.130. The van der Waals surface area contributed by atoms with Gasteiger partial charge >= 0.3 is 0 Å². The molecule has 8 heteroatoms. The third kappa shape index (κ3) is 6.45. The van der Waals surface area contributed by atoms with Gasteiger partial charge in [-0.25, -0.2) is 4.98 Å². The second-order valence-corrected chi connectivity index (χ2v) is 6.94. The van der Waals surface area contributed by atoms with Gasteiger partial charge < -0.3 is 16.0 Å². The van der Waals surface area contributed by atoms with Gasteiger partial charge in [0.2, 0.25) is 11.8 Å². The molecule has 3 N–H and O–H groups in total. The Labute approximate surface area is 147 Å². The van der Waals surface area contributed by atoms with Crippen LogP contribution in [0, 0.1) is 11.8 Å². The molecule has 0 radical (unpaired) electrons. The predicted molar refractivity (Wildman–Crippen MR) is 95.0 cm³/mol. The highest BCUT2D eigenvalue weighted by Gasteiger charge is 2.27. The van der Waals surface area contributed by atoms with E-state index in [1.54, 1.807) is 11.6 Å². The van der Waals surface area contributed by atoms with E-state index in [4.69, 9.17) is 0 Å². The second kappa shape index (κ2) is 9.85. The van der Waals surface area contributed by atoms with E-state index in [-0.39, 0.29) is 30.1 Å². The van der Waals surface area contributed by atoms with Crippen LogP contribution >= 0.6 is 23.7 Å². The Balaban J connectivity index is 0.00000264. The quantitative estimate of drug-likeness (QED) is 0.724. The van der Waals surface area contributed by atoms with Crippen molar-refractivity contribution in [2.75, 3.05) is 18.4 Å². The van der Waals surface area contributed by atoms with Gasteiger partial charge in [-0.3, -0.25) is 9.59 Å². The molecule has 23 heavy (non-hydrogen) atoms. The van der Waals surface area contributed by atoms with Gasteiger partial charge in [-0.15, -0.1) is 23.7 Å². The summed E-state index contributed by atoms with van der Waals surface area (Å²) in [5, 5.41) is 11.3. The number of hydrogen-bond donors (Lipinski definition) is 3. The van der Waals surface area contributed by atoms with Crippen LogP contribution in [-0.4, -0.2) is 35.9 Å². The number of aromatic nitrogens is 1. The lowest BCUT2D eigenvalue weighted by Gasteiger charge is -2.25. The van der Waals surface area contributed by atoms with E-state index >= 15 is 0 Å². The molecule has 6 nitrogen and oxygen atoms in total. The Morgan fingerprint density at radius 2 is 2.09 bits per heavy atom. The Morgan fingerprint density at radius 1 is 1.39 bits per heavy atom. The van der Waals surface area contributed by atoms with Crippen molar-refractivity contribution in [2.45, 2.75) is 39.2 Å². The van der Waals surface area contributed by atoms with E-state index in [0.717, 1.165) is 25.9 Å². The highest BCUT2D eigenvalue weighted by Crippen LogP contribution is 2.15. The summed E-state index contributed by atoms with van der Waals surface area (Å²) in [7, 11) is 0. The summed E-state index contributed by atoms with van der Waals surface area (Å²) in [6.07, 6.45) is 3.92. The minimum Gasteiger partial charge on any atom is -0.344 e. The van der Waals surface area contributed by atoms with Gasteiger partial charge in [0, 0.05) is 17.5 Å². The first kappa shape index (κ1) is 19.9. The van der Waals surface area contributed by atoms with Gasteiger partial charge in [0.25, 0.3) is 0 Å². The molecule has 0 spiro atoms. The van der Waals surface area contributed by atoms with E-state index in [0.29, 0.717) is 17.5 Å². The van der Waals surface area contributed by atoms with E-state index in [1.165, 1.54) is 11.3 Å². The minimum absolute atomic E-state index is 0. The van der Waals surface area contributed by atoms with Crippen molar-refractivity contribution >= 4 is 40.7 Å². The standard InChI is InChI=1S/C15H24N4O2S.ClH/c1-10(2)9-12(14(21)19-15-17-7-8-22-15)18-13(20)11-3-5-16-6-4-11;/h7-8,10-12,16H,3-6,9H2,1-2H3,(H,18,20)(H,17,19,21);1H. The van der Waals surface area contributed by atoms with Gasteiger partial charge in [0.05, 0.1) is 0 Å². The highest BCUT2D eigenvalue weighted by molar-refractivity contribution is 7.13. The molecule has 130 valence electrons. The Hall–Kier alpha value is -1.18. The first-order valence-corrected chi connectivity index (χ1v) is 8.65. The lowest BCUT2D eigenvalue weighted by atomic mass is 9.96. The largest absolute Gasteiger partial charge is 0.344 e. The minimum atomic E-state index is -0.508. The zero-order valence-electron chi connectivity index (χ0n) is 13.5. The maximum Gasteiger partial charge on any atom is 0.248 e. The summed E-state index contributed by atoms with van der Waals surface area (Å²) in [6.45, 7) is 5.80. The van der Waals surface area contributed by atoms with Crippen molar-refractivity contribution < 1.29 is 9.59 Å². The molecule has 1 saturated heterocycles. The van der Waals surface area contributed by atoms with Crippen molar-refractivity contribution in [1.82, 2.24) is 15.6 Å². The average molecular weight is 361 g/mol. The number of nitrogens with zero attached hydrogens (tertiary/aromatic N) is 1. The van der Waals surface area contributed by atoms with Gasteiger partial charge in [0.1, 0.15) is 6.04 Å². The van der Waals surface area contributed by atoms with Crippen LogP contribution in [-0.2, 0) is 9.59 Å². The Bertz CT molecular complexity index is 490. The van der Waals surface area contributed by atoms with E-state index < -0.39 is 6.04 Å². The molecular weight excluding hydrogens is 336 g/mol. The summed E-state index contributed by atoms with van der Waals surface area (Å²) in [5.41, 5.74) is 0. The molecule has 1 aromatic rings.